The molecule has 1 aromatic carbocycles. The molecule has 24 heavy (non-hydrogen) atoms. The number of hydrogen-bond acceptors (Lipinski definition) is 3. The van der Waals surface area contributed by atoms with Gasteiger partial charge in [0, 0.05) is 46.5 Å². The zero-order valence-electron chi connectivity index (χ0n) is 13.2. The Morgan fingerprint density at radius 2 is 2.00 bits per heavy atom. The van der Waals surface area contributed by atoms with E-state index >= 15 is 0 Å². The Morgan fingerprint density at radius 3 is 2.88 bits per heavy atom. The summed E-state index contributed by atoms with van der Waals surface area (Å²) in [5.41, 5.74) is 5.92. The molecule has 3 aliphatic rings. The highest BCUT2D eigenvalue weighted by Gasteiger charge is 2.36. The molecule has 1 aliphatic carbocycles. The van der Waals surface area contributed by atoms with E-state index in [0.717, 1.165) is 28.7 Å². The molecule has 3 unspecified atom stereocenters. The Balaban J connectivity index is 1.33. The van der Waals surface area contributed by atoms with E-state index in [1.165, 1.54) is 29.5 Å². The first-order chi connectivity index (χ1) is 11.7. The Bertz CT molecular complexity index is 851. The molecule has 5 rings (SSSR count). The first-order valence-electron chi connectivity index (χ1n) is 8.51. The number of benzene rings is 1. The molecule has 122 valence electrons. The zero-order chi connectivity index (χ0) is 16.3. The molecule has 2 aliphatic heterocycles. The third-order valence-electron chi connectivity index (χ3n) is 5.55. The first kappa shape index (κ1) is 14.6. The van der Waals surface area contributed by atoms with Crippen molar-refractivity contribution in [1.82, 2.24) is 10.3 Å². The number of hydrogen-bond donors (Lipinski definition) is 2. The quantitative estimate of drug-likeness (QED) is 0.831. The van der Waals surface area contributed by atoms with Gasteiger partial charge in [0.15, 0.2) is 0 Å². The minimum Gasteiger partial charge on any atom is -0.326 e. The van der Waals surface area contributed by atoms with E-state index < -0.39 is 0 Å². The van der Waals surface area contributed by atoms with Crippen LogP contribution >= 0.6 is 15.9 Å². The second-order valence-electron chi connectivity index (χ2n) is 7.05. The van der Waals surface area contributed by atoms with Gasteiger partial charge in [0.1, 0.15) is 0 Å². The van der Waals surface area contributed by atoms with Gasteiger partial charge < -0.3 is 10.6 Å². The Kier molecular flexibility index (Phi) is 3.28. The molecule has 1 amide bonds. The van der Waals surface area contributed by atoms with Crippen molar-refractivity contribution in [3.05, 3.63) is 57.3 Å². The molecule has 2 bridgehead atoms. The largest absolute Gasteiger partial charge is 0.326 e. The van der Waals surface area contributed by atoms with Crippen molar-refractivity contribution < 1.29 is 4.79 Å². The van der Waals surface area contributed by atoms with E-state index in [2.05, 4.69) is 49.7 Å². The highest BCUT2D eigenvalue weighted by molar-refractivity contribution is 9.10. The molecular weight excluding hydrogens is 366 g/mol. The van der Waals surface area contributed by atoms with Crippen LogP contribution in [0, 0.1) is 5.92 Å². The summed E-state index contributed by atoms with van der Waals surface area (Å²) >= 11 is 3.45. The SMILES string of the molecule is O=C(Nc1ccc2c(c1)C1CCC2N1)C1Cc2cc(Br)cnc2C1. The van der Waals surface area contributed by atoms with Crippen molar-refractivity contribution in [2.24, 2.45) is 5.92 Å². The van der Waals surface area contributed by atoms with Crippen LogP contribution in [-0.2, 0) is 17.6 Å². The van der Waals surface area contributed by atoms with E-state index in [1.54, 1.807) is 0 Å². The van der Waals surface area contributed by atoms with Crippen LogP contribution < -0.4 is 10.6 Å². The second kappa shape index (κ2) is 5.39. The smallest absolute Gasteiger partial charge is 0.228 e. The number of amides is 1. The van der Waals surface area contributed by atoms with Crippen LogP contribution in [0.5, 0.6) is 0 Å². The van der Waals surface area contributed by atoms with E-state index in [9.17, 15) is 4.79 Å². The minimum atomic E-state index is -0.0235. The van der Waals surface area contributed by atoms with Crippen LogP contribution in [0.3, 0.4) is 0 Å². The van der Waals surface area contributed by atoms with Crippen LogP contribution in [0.4, 0.5) is 5.69 Å². The van der Waals surface area contributed by atoms with Gasteiger partial charge in [0.05, 0.1) is 0 Å². The van der Waals surface area contributed by atoms with Crippen molar-refractivity contribution in [2.45, 2.75) is 37.8 Å². The number of nitrogens with one attached hydrogen (secondary N) is 2. The maximum absolute atomic E-state index is 12.7. The minimum absolute atomic E-state index is 0.0235. The molecule has 0 saturated carbocycles. The van der Waals surface area contributed by atoms with Crippen molar-refractivity contribution in [1.29, 1.82) is 0 Å². The van der Waals surface area contributed by atoms with Crippen LogP contribution in [0.1, 0.15) is 47.3 Å². The lowest BCUT2D eigenvalue weighted by molar-refractivity contribution is -0.119. The summed E-state index contributed by atoms with van der Waals surface area (Å²) in [7, 11) is 0. The second-order valence-corrected chi connectivity index (χ2v) is 7.96. The van der Waals surface area contributed by atoms with Crippen molar-refractivity contribution in [3.8, 4) is 0 Å². The number of rotatable bonds is 2. The summed E-state index contributed by atoms with van der Waals surface area (Å²) in [4.78, 5) is 17.1. The molecule has 5 heteroatoms. The van der Waals surface area contributed by atoms with Crippen molar-refractivity contribution in [2.75, 3.05) is 5.32 Å². The van der Waals surface area contributed by atoms with Crippen LogP contribution in [0.2, 0.25) is 0 Å². The Labute approximate surface area is 149 Å². The molecule has 2 aromatic rings. The molecule has 3 atom stereocenters. The Morgan fingerprint density at radius 1 is 1.17 bits per heavy atom. The number of fused-ring (bicyclic) bond motifs is 6. The summed E-state index contributed by atoms with van der Waals surface area (Å²) in [5, 5.41) is 6.74. The topological polar surface area (TPSA) is 54.0 Å². The van der Waals surface area contributed by atoms with Gasteiger partial charge in [-0.3, -0.25) is 9.78 Å². The van der Waals surface area contributed by atoms with Crippen LogP contribution in [-0.4, -0.2) is 10.9 Å². The fraction of sp³-hybridized carbons (Fsp3) is 0.368. The maximum atomic E-state index is 12.7. The normalized spacial score (nSPS) is 26.3. The molecule has 4 nitrogen and oxygen atoms in total. The highest BCUT2D eigenvalue weighted by atomic mass is 79.9. The van der Waals surface area contributed by atoms with Crippen LogP contribution in [0.25, 0.3) is 0 Å². The van der Waals surface area contributed by atoms with Crippen LogP contribution in [0.15, 0.2) is 34.9 Å². The summed E-state index contributed by atoms with van der Waals surface area (Å²) < 4.78 is 0.975. The fourth-order valence-electron chi connectivity index (χ4n) is 4.38. The summed E-state index contributed by atoms with van der Waals surface area (Å²) in [6.45, 7) is 0. The van der Waals surface area contributed by atoms with E-state index in [4.69, 9.17) is 0 Å². The summed E-state index contributed by atoms with van der Waals surface area (Å²) in [6, 6.07) is 9.43. The molecule has 3 heterocycles. The number of aromatic nitrogens is 1. The molecule has 1 aromatic heterocycles. The van der Waals surface area contributed by atoms with Crippen molar-refractivity contribution in [3.63, 3.8) is 0 Å². The van der Waals surface area contributed by atoms with Crippen molar-refractivity contribution >= 4 is 27.5 Å². The molecule has 2 N–H and O–H groups in total. The van der Waals surface area contributed by atoms with E-state index in [-0.39, 0.29) is 11.8 Å². The third-order valence-corrected chi connectivity index (χ3v) is 5.99. The monoisotopic (exact) mass is 383 g/mol. The average Bonchev–Trinajstić information content (AvgIpc) is 3.28. The number of carbonyl (C=O) groups is 1. The number of carbonyl (C=O) groups excluding carboxylic acids is 1. The van der Waals surface area contributed by atoms with Gasteiger partial charge in [-0.1, -0.05) is 6.07 Å². The standard InChI is InChI=1S/C19H18BrN3O/c20-12-6-10-5-11(7-18(10)21-9-12)19(24)22-13-1-2-14-15(8-13)17-4-3-16(14)23-17/h1-2,6,8-9,11,16-17,23H,3-5,7H2,(H,22,24). The number of anilines is 1. The van der Waals surface area contributed by atoms with E-state index in [0.29, 0.717) is 12.1 Å². The lowest BCUT2D eigenvalue weighted by Crippen LogP contribution is -2.23. The lowest BCUT2D eigenvalue weighted by Gasteiger charge is -2.16. The number of nitrogens with zero attached hydrogens (tertiary/aromatic N) is 1. The molecule has 1 saturated heterocycles. The number of halogens is 1. The predicted molar refractivity (Wildman–Crippen MR) is 95.8 cm³/mol. The third kappa shape index (κ3) is 2.30. The zero-order valence-corrected chi connectivity index (χ0v) is 14.8. The van der Waals surface area contributed by atoms with Gasteiger partial charge in [0.2, 0.25) is 5.91 Å². The molecule has 0 spiro atoms. The average molecular weight is 384 g/mol. The van der Waals surface area contributed by atoms with Gasteiger partial charge in [-0.15, -0.1) is 0 Å². The maximum Gasteiger partial charge on any atom is 0.228 e. The first-order valence-corrected chi connectivity index (χ1v) is 9.31. The van der Waals surface area contributed by atoms with Gasteiger partial charge in [-0.2, -0.15) is 0 Å². The van der Waals surface area contributed by atoms with Gasteiger partial charge >= 0.3 is 0 Å². The number of pyridine rings is 1. The molecule has 0 radical (unpaired) electrons. The Hall–Kier alpha value is -1.72. The van der Waals surface area contributed by atoms with Gasteiger partial charge in [0.25, 0.3) is 0 Å². The summed E-state index contributed by atoms with van der Waals surface area (Å²) in [5.74, 6) is 0.0739. The fourth-order valence-corrected chi connectivity index (χ4v) is 4.75. The summed E-state index contributed by atoms with van der Waals surface area (Å²) in [6.07, 6.45) is 5.73. The molecular formula is C19H18BrN3O. The lowest BCUT2D eigenvalue weighted by atomic mass is 9.91. The van der Waals surface area contributed by atoms with E-state index in [1.807, 2.05) is 12.3 Å². The predicted octanol–water partition coefficient (Wildman–Crippen LogP) is 3.68. The molecule has 1 fully saturated rings. The van der Waals surface area contributed by atoms with Gasteiger partial charge in [-0.25, -0.2) is 0 Å². The highest BCUT2D eigenvalue weighted by Crippen LogP contribution is 2.45. The van der Waals surface area contributed by atoms with Gasteiger partial charge in [-0.05, 0) is 70.1 Å².